The third kappa shape index (κ3) is 7.66. The largest absolute Gasteiger partial charge is 0.457 e. The molecule has 0 spiro atoms. The highest BCUT2D eigenvalue weighted by atomic mass is 32.2. The Kier molecular flexibility index (Phi) is 7.58. The lowest BCUT2D eigenvalue weighted by Gasteiger charge is -2.08. The summed E-state index contributed by atoms with van der Waals surface area (Å²) >= 11 is 1.30. The second-order valence-corrected chi connectivity index (χ2v) is 9.46. The van der Waals surface area contributed by atoms with Crippen LogP contribution in [-0.2, 0) is 26.0 Å². The molecule has 0 atom stereocenters. The molecule has 1 aliphatic rings. The fourth-order valence-electron chi connectivity index (χ4n) is 2.93. The summed E-state index contributed by atoms with van der Waals surface area (Å²) in [6.45, 7) is 0.0637. The van der Waals surface area contributed by atoms with E-state index in [4.69, 9.17) is 4.74 Å². The van der Waals surface area contributed by atoms with Crippen molar-refractivity contribution in [1.82, 2.24) is 4.72 Å². The van der Waals surface area contributed by atoms with Crippen LogP contribution in [0.2, 0.25) is 0 Å². The molecule has 2 rings (SSSR count). The lowest BCUT2D eigenvalue weighted by Crippen LogP contribution is -2.24. The van der Waals surface area contributed by atoms with Crippen LogP contribution in [0.1, 0.15) is 53.1 Å². The number of carbonyl (C=O) groups excluding carboxylic acids is 2. The number of thiophene rings is 1. The topological polar surface area (TPSA) is 89.5 Å². The predicted molar refractivity (Wildman–Crippen MR) is 97.4 cm³/mol. The summed E-state index contributed by atoms with van der Waals surface area (Å²) in [5, 5.41) is 0. The zero-order valence-corrected chi connectivity index (χ0v) is 16.1. The van der Waals surface area contributed by atoms with Gasteiger partial charge in [0.05, 0.1) is 11.1 Å². The second kappa shape index (κ2) is 9.45. The Labute approximate surface area is 153 Å². The maximum absolute atomic E-state index is 12.1. The maximum Gasteiger partial charge on any atom is 0.306 e. The number of hydrogen-bond donors (Lipinski definition) is 1. The Morgan fingerprint density at radius 3 is 2.68 bits per heavy atom. The first kappa shape index (κ1) is 20.1. The molecular formula is C17H25NO5S2. The minimum Gasteiger partial charge on any atom is -0.457 e. The first-order chi connectivity index (χ1) is 11.8. The van der Waals surface area contributed by atoms with E-state index in [-0.39, 0.29) is 18.4 Å². The fourth-order valence-corrected chi connectivity index (χ4v) is 4.34. The SMILES string of the molecule is CS(=O)(=O)NCCc1ccc(C(=O)COC(=O)CCC2CCCC2)s1. The highest BCUT2D eigenvalue weighted by molar-refractivity contribution is 7.88. The smallest absolute Gasteiger partial charge is 0.306 e. The molecule has 0 radical (unpaired) electrons. The van der Waals surface area contributed by atoms with E-state index in [1.807, 2.05) is 0 Å². The number of rotatable bonds is 10. The average Bonchev–Trinajstić information content (AvgIpc) is 3.21. The molecule has 6 nitrogen and oxygen atoms in total. The predicted octanol–water partition coefficient (Wildman–Crippen LogP) is 2.54. The van der Waals surface area contributed by atoms with Gasteiger partial charge in [0.25, 0.3) is 0 Å². The average molecular weight is 388 g/mol. The van der Waals surface area contributed by atoms with Gasteiger partial charge in [0.2, 0.25) is 15.8 Å². The van der Waals surface area contributed by atoms with Gasteiger partial charge in [0.15, 0.2) is 6.61 Å². The molecule has 0 amide bonds. The molecule has 1 aliphatic carbocycles. The van der Waals surface area contributed by atoms with Gasteiger partial charge in [-0.1, -0.05) is 25.7 Å². The van der Waals surface area contributed by atoms with Crippen molar-refractivity contribution >= 4 is 33.1 Å². The third-order valence-corrected chi connectivity index (χ3v) is 6.18. The Balaban J connectivity index is 1.68. The minimum absolute atomic E-state index is 0.221. The zero-order chi connectivity index (χ0) is 18.3. The Bertz CT molecular complexity index is 690. The molecule has 0 saturated heterocycles. The number of esters is 1. The number of sulfonamides is 1. The van der Waals surface area contributed by atoms with E-state index in [1.54, 1.807) is 12.1 Å². The van der Waals surface area contributed by atoms with Gasteiger partial charge in [-0.05, 0) is 30.9 Å². The van der Waals surface area contributed by atoms with E-state index >= 15 is 0 Å². The van der Waals surface area contributed by atoms with Crippen LogP contribution in [0.5, 0.6) is 0 Å². The van der Waals surface area contributed by atoms with Gasteiger partial charge in [0.1, 0.15) is 0 Å². The molecule has 1 aromatic heterocycles. The number of ketones is 1. The Morgan fingerprint density at radius 2 is 2.00 bits per heavy atom. The van der Waals surface area contributed by atoms with Crippen LogP contribution in [0.25, 0.3) is 0 Å². The summed E-state index contributed by atoms with van der Waals surface area (Å²) in [5.74, 6) is 0.0968. The van der Waals surface area contributed by atoms with E-state index in [1.165, 1.54) is 37.0 Å². The summed E-state index contributed by atoms with van der Waals surface area (Å²) in [6, 6.07) is 3.49. The maximum atomic E-state index is 12.1. The molecule has 140 valence electrons. The molecule has 1 N–H and O–H groups in total. The zero-order valence-electron chi connectivity index (χ0n) is 14.5. The second-order valence-electron chi connectivity index (χ2n) is 6.46. The lowest BCUT2D eigenvalue weighted by molar-refractivity contribution is -0.142. The number of Topliss-reactive ketones (excluding diaryl/α,β-unsaturated/α-hetero) is 1. The molecule has 0 unspecified atom stereocenters. The van der Waals surface area contributed by atoms with Gasteiger partial charge in [-0.2, -0.15) is 0 Å². The lowest BCUT2D eigenvalue weighted by atomic mass is 10.0. The summed E-state index contributed by atoms with van der Waals surface area (Å²) in [4.78, 5) is 25.3. The minimum atomic E-state index is -3.20. The summed E-state index contributed by atoms with van der Waals surface area (Å²) < 4.78 is 29.5. The van der Waals surface area contributed by atoms with Gasteiger partial charge in [-0.3, -0.25) is 9.59 Å². The summed E-state index contributed by atoms with van der Waals surface area (Å²) in [7, 11) is -3.20. The van der Waals surface area contributed by atoms with Gasteiger partial charge >= 0.3 is 5.97 Å². The molecule has 1 fully saturated rings. The molecule has 0 bridgehead atoms. The van der Waals surface area contributed by atoms with E-state index in [2.05, 4.69) is 4.72 Å². The van der Waals surface area contributed by atoms with Gasteiger partial charge < -0.3 is 4.74 Å². The van der Waals surface area contributed by atoms with Crippen LogP contribution in [0.3, 0.4) is 0 Å². The van der Waals surface area contributed by atoms with Crippen molar-refractivity contribution in [2.24, 2.45) is 5.92 Å². The number of hydrogen-bond acceptors (Lipinski definition) is 6. The number of carbonyl (C=O) groups is 2. The van der Waals surface area contributed by atoms with Crippen LogP contribution in [0.4, 0.5) is 0 Å². The highest BCUT2D eigenvalue weighted by Crippen LogP contribution is 2.28. The Hall–Kier alpha value is -1.25. The van der Waals surface area contributed by atoms with Gasteiger partial charge in [0, 0.05) is 17.8 Å². The van der Waals surface area contributed by atoms with E-state index in [0.717, 1.165) is 17.6 Å². The van der Waals surface area contributed by atoms with Crippen molar-refractivity contribution < 1.29 is 22.7 Å². The van der Waals surface area contributed by atoms with Gasteiger partial charge in [-0.15, -0.1) is 11.3 Å². The van der Waals surface area contributed by atoms with Crippen LogP contribution in [-0.4, -0.2) is 39.6 Å². The summed E-state index contributed by atoms with van der Waals surface area (Å²) in [5.41, 5.74) is 0. The fraction of sp³-hybridized carbons (Fsp3) is 0.647. The van der Waals surface area contributed by atoms with Crippen LogP contribution in [0, 0.1) is 5.92 Å². The molecule has 25 heavy (non-hydrogen) atoms. The molecular weight excluding hydrogens is 362 g/mol. The van der Waals surface area contributed by atoms with Gasteiger partial charge in [-0.25, -0.2) is 13.1 Å². The molecule has 1 heterocycles. The van der Waals surface area contributed by atoms with Crippen LogP contribution < -0.4 is 4.72 Å². The van der Waals surface area contributed by atoms with E-state index in [0.29, 0.717) is 30.2 Å². The van der Waals surface area contributed by atoms with Crippen molar-refractivity contribution in [3.8, 4) is 0 Å². The van der Waals surface area contributed by atoms with Crippen molar-refractivity contribution in [1.29, 1.82) is 0 Å². The van der Waals surface area contributed by atoms with E-state index < -0.39 is 10.0 Å². The van der Waals surface area contributed by atoms with Crippen molar-refractivity contribution in [3.63, 3.8) is 0 Å². The standard InChI is InChI=1S/C17H25NO5S2/c1-25(21,22)18-11-10-14-7-8-16(24-14)15(19)12-23-17(20)9-6-13-4-2-3-5-13/h7-8,13,18H,2-6,9-12H2,1H3. The van der Waals surface area contributed by atoms with Crippen molar-refractivity contribution in [2.45, 2.75) is 44.9 Å². The highest BCUT2D eigenvalue weighted by Gasteiger charge is 2.17. The first-order valence-corrected chi connectivity index (χ1v) is 11.3. The monoisotopic (exact) mass is 387 g/mol. The Morgan fingerprint density at radius 1 is 1.28 bits per heavy atom. The number of nitrogens with one attached hydrogen (secondary N) is 1. The quantitative estimate of drug-likeness (QED) is 0.492. The van der Waals surface area contributed by atoms with Crippen molar-refractivity contribution in [3.05, 3.63) is 21.9 Å². The normalized spacial score (nSPS) is 15.4. The molecule has 8 heteroatoms. The van der Waals surface area contributed by atoms with Crippen LogP contribution in [0.15, 0.2) is 12.1 Å². The molecule has 0 aliphatic heterocycles. The van der Waals surface area contributed by atoms with E-state index in [9.17, 15) is 18.0 Å². The molecule has 1 saturated carbocycles. The summed E-state index contributed by atoms with van der Waals surface area (Å²) in [6.07, 6.45) is 7.74. The molecule has 0 aromatic carbocycles. The van der Waals surface area contributed by atoms with Crippen LogP contribution >= 0.6 is 11.3 Å². The third-order valence-electron chi connectivity index (χ3n) is 4.27. The van der Waals surface area contributed by atoms with Crippen molar-refractivity contribution in [2.75, 3.05) is 19.4 Å². The number of ether oxygens (including phenoxy) is 1. The molecule has 1 aromatic rings. The first-order valence-electron chi connectivity index (χ1n) is 8.55.